The van der Waals surface area contributed by atoms with Crippen molar-refractivity contribution < 1.29 is 4.79 Å². The maximum absolute atomic E-state index is 13.1. The van der Waals surface area contributed by atoms with Crippen LogP contribution in [-0.4, -0.2) is 80.2 Å². The fourth-order valence-corrected chi connectivity index (χ4v) is 3.75. The summed E-state index contributed by atoms with van der Waals surface area (Å²) in [7, 11) is 4.21. The number of carbonyl (C=O) groups excluding carboxylic acids is 1. The third-order valence-electron chi connectivity index (χ3n) is 5.64. The SMILES string of the molecule is Cc1nc(C(=O)N2CCn3ncnc3C2)nc(N2CC[C@@H](N(C)C)C2)c1C. The van der Waals surface area contributed by atoms with E-state index in [2.05, 4.69) is 43.9 Å². The van der Waals surface area contributed by atoms with Crippen molar-refractivity contribution >= 4 is 11.7 Å². The number of rotatable bonds is 3. The average Bonchev–Trinajstić information content (AvgIpc) is 3.31. The Morgan fingerprint density at radius 2 is 2.00 bits per heavy atom. The van der Waals surface area contributed by atoms with Crippen LogP contribution in [0.25, 0.3) is 0 Å². The molecule has 27 heavy (non-hydrogen) atoms. The zero-order chi connectivity index (χ0) is 19.1. The van der Waals surface area contributed by atoms with Gasteiger partial charge >= 0.3 is 0 Å². The van der Waals surface area contributed by atoms with Crippen molar-refractivity contribution in [1.29, 1.82) is 0 Å². The summed E-state index contributed by atoms with van der Waals surface area (Å²) in [6, 6.07) is 0.507. The summed E-state index contributed by atoms with van der Waals surface area (Å²) in [6.07, 6.45) is 2.63. The number of anilines is 1. The zero-order valence-corrected chi connectivity index (χ0v) is 16.4. The standard InChI is InChI=1S/C18H26N8O/c1-12-13(2)21-16(22-17(12)24-6-5-14(9-24)23(3)4)18(27)25-7-8-26-15(10-25)19-11-20-26/h11,14H,5-10H2,1-4H3/t14-/m1/s1. The number of likely N-dealkylation sites (N-methyl/N-ethyl adjacent to an activating group) is 1. The monoisotopic (exact) mass is 370 g/mol. The van der Waals surface area contributed by atoms with E-state index in [-0.39, 0.29) is 11.7 Å². The fourth-order valence-electron chi connectivity index (χ4n) is 3.75. The van der Waals surface area contributed by atoms with E-state index in [0.717, 1.165) is 42.4 Å². The minimum Gasteiger partial charge on any atom is -0.355 e. The van der Waals surface area contributed by atoms with Crippen molar-refractivity contribution in [3.63, 3.8) is 0 Å². The number of fused-ring (bicyclic) bond motifs is 1. The lowest BCUT2D eigenvalue weighted by Gasteiger charge is -2.27. The largest absolute Gasteiger partial charge is 0.355 e. The molecule has 144 valence electrons. The molecule has 1 saturated heterocycles. The summed E-state index contributed by atoms with van der Waals surface area (Å²) < 4.78 is 1.84. The van der Waals surface area contributed by atoms with Gasteiger partial charge in [-0.25, -0.2) is 19.6 Å². The summed E-state index contributed by atoms with van der Waals surface area (Å²) in [6.45, 7) is 7.53. The van der Waals surface area contributed by atoms with E-state index in [0.29, 0.717) is 25.7 Å². The van der Waals surface area contributed by atoms with Gasteiger partial charge in [-0.3, -0.25) is 4.79 Å². The first-order valence-electron chi connectivity index (χ1n) is 9.36. The molecule has 0 aromatic carbocycles. The van der Waals surface area contributed by atoms with Gasteiger partial charge in [-0.2, -0.15) is 5.10 Å². The maximum Gasteiger partial charge on any atom is 0.292 e. The summed E-state index contributed by atoms with van der Waals surface area (Å²) in [5, 5.41) is 4.16. The van der Waals surface area contributed by atoms with Crippen molar-refractivity contribution in [2.45, 2.75) is 39.4 Å². The molecule has 0 saturated carbocycles. The minimum atomic E-state index is -0.142. The predicted molar refractivity (Wildman–Crippen MR) is 101 cm³/mol. The van der Waals surface area contributed by atoms with Crippen LogP contribution in [0.15, 0.2) is 6.33 Å². The molecule has 2 aromatic heterocycles. The molecular weight excluding hydrogens is 344 g/mol. The molecule has 1 atom stereocenters. The van der Waals surface area contributed by atoms with Gasteiger partial charge in [-0.15, -0.1) is 0 Å². The van der Waals surface area contributed by atoms with Crippen LogP contribution in [-0.2, 0) is 13.1 Å². The molecule has 0 unspecified atom stereocenters. The Morgan fingerprint density at radius 3 is 2.74 bits per heavy atom. The first-order chi connectivity index (χ1) is 12.9. The van der Waals surface area contributed by atoms with Gasteiger partial charge in [0.15, 0.2) is 0 Å². The fraction of sp³-hybridized carbons (Fsp3) is 0.611. The second kappa shape index (κ2) is 6.88. The highest BCUT2D eigenvalue weighted by Crippen LogP contribution is 2.25. The lowest BCUT2D eigenvalue weighted by atomic mass is 10.2. The smallest absolute Gasteiger partial charge is 0.292 e. The highest BCUT2D eigenvalue weighted by Gasteiger charge is 2.29. The first-order valence-corrected chi connectivity index (χ1v) is 9.36. The number of aryl methyl sites for hydroxylation is 1. The van der Waals surface area contributed by atoms with Gasteiger partial charge in [0, 0.05) is 36.9 Å². The summed E-state index contributed by atoms with van der Waals surface area (Å²) >= 11 is 0. The first kappa shape index (κ1) is 17.8. The normalized spacial score (nSPS) is 19.7. The lowest BCUT2D eigenvalue weighted by Crippen LogP contribution is -2.40. The topological polar surface area (TPSA) is 83.3 Å². The molecule has 4 rings (SSSR count). The molecule has 2 aliphatic rings. The molecule has 2 aliphatic heterocycles. The second-order valence-corrected chi connectivity index (χ2v) is 7.56. The van der Waals surface area contributed by atoms with Gasteiger partial charge in [0.2, 0.25) is 5.82 Å². The van der Waals surface area contributed by atoms with Gasteiger partial charge < -0.3 is 14.7 Å². The third-order valence-corrected chi connectivity index (χ3v) is 5.64. The highest BCUT2D eigenvalue weighted by molar-refractivity contribution is 5.91. The molecule has 4 heterocycles. The highest BCUT2D eigenvalue weighted by atomic mass is 16.2. The number of aromatic nitrogens is 5. The average molecular weight is 370 g/mol. The van der Waals surface area contributed by atoms with E-state index >= 15 is 0 Å². The zero-order valence-electron chi connectivity index (χ0n) is 16.4. The number of nitrogens with zero attached hydrogens (tertiary/aromatic N) is 8. The van der Waals surface area contributed by atoms with Crippen molar-refractivity contribution in [2.24, 2.45) is 0 Å². The van der Waals surface area contributed by atoms with E-state index < -0.39 is 0 Å². The predicted octanol–water partition coefficient (Wildman–Crippen LogP) is 0.481. The van der Waals surface area contributed by atoms with Crippen LogP contribution in [0.2, 0.25) is 0 Å². The summed E-state index contributed by atoms with van der Waals surface area (Å²) in [4.78, 5) is 32.7. The van der Waals surface area contributed by atoms with E-state index in [9.17, 15) is 4.79 Å². The number of amides is 1. The lowest BCUT2D eigenvalue weighted by molar-refractivity contribution is 0.0689. The van der Waals surface area contributed by atoms with Crippen LogP contribution in [0.1, 0.15) is 34.1 Å². The van der Waals surface area contributed by atoms with Crippen LogP contribution < -0.4 is 4.90 Å². The Balaban J connectivity index is 1.59. The van der Waals surface area contributed by atoms with E-state index in [1.165, 1.54) is 6.33 Å². The van der Waals surface area contributed by atoms with Gasteiger partial charge in [-0.05, 0) is 34.4 Å². The maximum atomic E-state index is 13.1. The molecule has 0 N–H and O–H groups in total. The quantitative estimate of drug-likeness (QED) is 0.777. The molecule has 2 aromatic rings. The Kier molecular flexibility index (Phi) is 4.55. The molecule has 9 heteroatoms. The van der Waals surface area contributed by atoms with Crippen LogP contribution in [0.4, 0.5) is 5.82 Å². The molecule has 0 aliphatic carbocycles. The van der Waals surface area contributed by atoms with Crippen LogP contribution in [0, 0.1) is 13.8 Å². The minimum absolute atomic E-state index is 0.142. The molecule has 1 amide bonds. The van der Waals surface area contributed by atoms with Crippen LogP contribution >= 0.6 is 0 Å². The Morgan fingerprint density at radius 1 is 1.19 bits per heavy atom. The van der Waals surface area contributed by atoms with Gasteiger partial charge in [0.25, 0.3) is 5.91 Å². The number of hydrogen-bond acceptors (Lipinski definition) is 7. The molecule has 1 fully saturated rings. The van der Waals surface area contributed by atoms with Crippen LogP contribution in [0.3, 0.4) is 0 Å². The van der Waals surface area contributed by atoms with E-state index in [4.69, 9.17) is 0 Å². The van der Waals surface area contributed by atoms with Crippen molar-refractivity contribution in [1.82, 2.24) is 34.5 Å². The molecule has 0 spiro atoms. The number of hydrogen-bond donors (Lipinski definition) is 0. The molecular formula is C18H26N8O. The Labute approximate surface area is 159 Å². The molecule has 0 radical (unpaired) electrons. The third kappa shape index (κ3) is 3.27. The van der Waals surface area contributed by atoms with Crippen molar-refractivity contribution in [2.75, 3.05) is 38.6 Å². The summed E-state index contributed by atoms with van der Waals surface area (Å²) in [5.74, 6) is 1.81. The van der Waals surface area contributed by atoms with Gasteiger partial charge in [0.05, 0.1) is 13.1 Å². The summed E-state index contributed by atoms with van der Waals surface area (Å²) in [5.41, 5.74) is 1.90. The van der Waals surface area contributed by atoms with Crippen molar-refractivity contribution in [3.05, 3.63) is 29.2 Å². The number of carbonyl (C=O) groups is 1. The Bertz CT molecular complexity index is 861. The van der Waals surface area contributed by atoms with Crippen LogP contribution in [0.5, 0.6) is 0 Å². The van der Waals surface area contributed by atoms with Crippen molar-refractivity contribution in [3.8, 4) is 0 Å². The molecule has 9 nitrogen and oxygen atoms in total. The van der Waals surface area contributed by atoms with Gasteiger partial charge in [-0.1, -0.05) is 0 Å². The van der Waals surface area contributed by atoms with E-state index in [1.807, 2.05) is 18.5 Å². The molecule has 0 bridgehead atoms. The Hall–Kier alpha value is -2.55. The second-order valence-electron chi connectivity index (χ2n) is 7.56. The van der Waals surface area contributed by atoms with Gasteiger partial charge in [0.1, 0.15) is 18.0 Å². The van der Waals surface area contributed by atoms with E-state index in [1.54, 1.807) is 4.90 Å².